The van der Waals surface area contributed by atoms with Crippen LogP contribution in [0.4, 0.5) is 0 Å². The van der Waals surface area contributed by atoms with E-state index < -0.39 is 0 Å². The fourth-order valence-electron chi connectivity index (χ4n) is 1.74. The Labute approximate surface area is 95.8 Å². The predicted molar refractivity (Wildman–Crippen MR) is 61.5 cm³/mol. The molecule has 0 radical (unpaired) electrons. The van der Waals surface area contributed by atoms with Crippen LogP contribution in [0.2, 0.25) is 0 Å². The Morgan fingerprint density at radius 1 is 1.40 bits per heavy atom. The molecule has 1 unspecified atom stereocenters. The standard InChI is InChI=1S/C11H17ClN2O/c1-8(12)7-11(2,3)9-10(15-4)14-6-5-13-9/h5-6,8H,7H2,1-4H3. The lowest BCUT2D eigenvalue weighted by Gasteiger charge is -2.25. The molecule has 1 heterocycles. The molecular formula is C11H17ClN2O. The fraction of sp³-hybridized carbons (Fsp3) is 0.636. The Balaban J connectivity index is 3.02. The lowest BCUT2D eigenvalue weighted by molar-refractivity contribution is 0.362. The summed E-state index contributed by atoms with van der Waals surface area (Å²) in [4.78, 5) is 8.47. The number of hydrogen-bond acceptors (Lipinski definition) is 3. The molecule has 0 spiro atoms. The molecule has 15 heavy (non-hydrogen) atoms. The summed E-state index contributed by atoms with van der Waals surface area (Å²) >= 11 is 6.02. The van der Waals surface area contributed by atoms with Crippen LogP contribution in [-0.4, -0.2) is 22.5 Å². The Kier molecular flexibility index (Phi) is 3.91. The molecule has 4 heteroatoms. The molecule has 84 valence electrons. The van der Waals surface area contributed by atoms with Crippen molar-refractivity contribution in [1.29, 1.82) is 0 Å². The van der Waals surface area contributed by atoms with Crippen molar-refractivity contribution in [2.24, 2.45) is 0 Å². The number of methoxy groups -OCH3 is 1. The average Bonchev–Trinajstić information content (AvgIpc) is 2.16. The van der Waals surface area contributed by atoms with Gasteiger partial charge in [0.05, 0.1) is 7.11 Å². The second-order valence-corrected chi connectivity index (χ2v) is 5.03. The van der Waals surface area contributed by atoms with Gasteiger partial charge in [-0.1, -0.05) is 13.8 Å². The second-order valence-electron chi connectivity index (χ2n) is 4.28. The van der Waals surface area contributed by atoms with Crippen LogP contribution >= 0.6 is 11.6 Å². The van der Waals surface area contributed by atoms with Gasteiger partial charge in [0.15, 0.2) is 0 Å². The highest BCUT2D eigenvalue weighted by Gasteiger charge is 2.28. The predicted octanol–water partition coefficient (Wildman–Crippen LogP) is 2.78. The van der Waals surface area contributed by atoms with Crippen molar-refractivity contribution in [3.8, 4) is 5.88 Å². The summed E-state index contributed by atoms with van der Waals surface area (Å²) in [6.45, 7) is 6.17. The third-order valence-electron chi connectivity index (χ3n) is 2.29. The van der Waals surface area contributed by atoms with E-state index in [2.05, 4.69) is 23.8 Å². The molecule has 0 bridgehead atoms. The van der Waals surface area contributed by atoms with Crippen LogP contribution in [0, 0.1) is 0 Å². The molecule has 0 aliphatic heterocycles. The first-order valence-electron chi connectivity index (χ1n) is 4.97. The van der Waals surface area contributed by atoms with Gasteiger partial charge in [0.25, 0.3) is 0 Å². The highest BCUT2D eigenvalue weighted by atomic mass is 35.5. The highest BCUT2D eigenvalue weighted by molar-refractivity contribution is 6.20. The van der Waals surface area contributed by atoms with E-state index in [0.29, 0.717) is 5.88 Å². The zero-order valence-corrected chi connectivity index (χ0v) is 10.4. The van der Waals surface area contributed by atoms with Gasteiger partial charge in [0, 0.05) is 23.2 Å². The molecule has 3 nitrogen and oxygen atoms in total. The zero-order valence-electron chi connectivity index (χ0n) is 9.62. The fourth-order valence-corrected chi connectivity index (χ4v) is 2.12. The molecule has 0 saturated carbocycles. The van der Waals surface area contributed by atoms with E-state index in [-0.39, 0.29) is 10.8 Å². The molecule has 0 saturated heterocycles. The summed E-state index contributed by atoms with van der Waals surface area (Å²) in [6.07, 6.45) is 4.14. The molecular weight excluding hydrogens is 212 g/mol. The lowest BCUT2D eigenvalue weighted by atomic mass is 9.84. The highest BCUT2D eigenvalue weighted by Crippen LogP contribution is 2.32. The van der Waals surface area contributed by atoms with Gasteiger partial charge in [-0.3, -0.25) is 4.98 Å². The number of aromatic nitrogens is 2. The molecule has 0 aliphatic rings. The molecule has 0 amide bonds. The summed E-state index contributed by atoms with van der Waals surface area (Å²) in [6, 6.07) is 0. The maximum Gasteiger partial charge on any atom is 0.235 e. The average molecular weight is 229 g/mol. The maximum atomic E-state index is 6.02. The van der Waals surface area contributed by atoms with Crippen molar-refractivity contribution >= 4 is 11.6 Å². The minimum absolute atomic E-state index is 0.103. The number of rotatable bonds is 4. The Morgan fingerprint density at radius 3 is 2.53 bits per heavy atom. The third-order valence-corrected chi connectivity index (χ3v) is 2.44. The summed E-state index contributed by atoms with van der Waals surface area (Å²) in [5, 5.41) is 0.103. The molecule has 1 atom stereocenters. The topological polar surface area (TPSA) is 35.0 Å². The minimum Gasteiger partial charge on any atom is -0.480 e. The molecule has 0 fully saturated rings. The Morgan fingerprint density at radius 2 is 2.00 bits per heavy atom. The Hall–Kier alpha value is -0.830. The van der Waals surface area contributed by atoms with Crippen molar-refractivity contribution in [2.45, 2.75) is 38.0 Å². The second kappa shape index (κ2) is 4.79. The van der Waals surface area contributed by atoms with Crippen LogP contribution in [-0.2, 0) is 5.41 Å². The van der Waals surface area contributed by atoms with E-state index in [0.717, 1.165) is 12.1 Å². The third kappa shape index (κ3) is 3.06. The maximum absolute atomic E-state index is 6.02. The van der Waals surface area contributed by atoms with Crippen LogP contribution < -0.4 is 4.74 Å². The van der Waals surface area contributed by atoms with Crippen LogP contribution in [0.1, 0.15) is 32.9 Å². The van der Waals surface area contributed by atoms with Gasteiger partial charge in [-0.25, -0.2) is 4.98 Å². The van der Waals surface area contributed by atoms with Gasteiger partial charge < -0.3 is 4.74 Å². The van der Waals surface area contributed by atoms with E-state index in [9.17, 15) is 0 Å². The monoisotopic (exact) mass is 228 g/mol. The van der Waals surface area contributed by atoms with Crippen LogP contribution in [0.25, 0.3) is 0 Å². The molecule has 0 aromatic carbocycles. The van der Waals surface area contributed by atoms with Gasteiger partial charge in [0.1, 0.15) is 5.69 Å². The van der Waals surface area contributed by atoms with Crippen molar-refractivity contribution < 1.29 is 4.74 Å². The van der Waals surface area contributed by atoms with Crippen molar-refractivity contribution in [2.75, 3.05) is 7.11 Å². The molecule has 1 aromatic rings. The van der Waals surface area contributed by atoms with Gasteiger partial charge in [0.2, 0.25) is 5.88 Å². The summed E-state index contributed by atoms with van der Waals surface area (Å²) in [7, 11) is 1.60. The number of hydrogen-bond donors (Lipinski definition) is 0. The molecule has 1 aromatic heterocycles. The van der Waals surface area contributed by atoms with Crippen molar-refractivity contribution in [3.05, 3.63) is 18.1 Å². The van der Waals surface area contributed by atoms with Crippen LogP contribution in [0.3, 0.4) is 0 Å². The minimum atomic E-state index is -0.124. The normalized spacial score (nSPS) is 13.7. The first-order valence-corrected chi connectivity index (χ1v) is 5.40. The van der Waals surface area contributed by atoms with Crippen molar-refractivity contribution in [3.63, 3.8) is 0 Å². The van der Waals surface area contributed by atoms with Crippen LogP contribution in [0.15, 0.2) is 12.4 Å². The number of ether oxygens (including phenoxy) is 1. The number of alkyl halides is 1. The van der Waals surface area contributed by atoms with Gasteiger partial charge >= 0.3 is 0 Å². The molecule has 0 aliphatic carbocycles. The van der Waals surface area contributed by atoms with Crippen molar-refractivity contribution in [1.82, 2.24) is 9.97 Å². The first-order chi connectivity index (χ1) is 6.97. The quantitative estimate of drug-likeness (QED) is 0.744. The smallest absolute Gasteiger partial charge is 0.235 e. The van der Waals surface area contributed by atoms with E-state index in [1.165, 1.54) is 0 Å². The van der Waals surface area contributed by atoms with E-state index >= 15 is 0 Å². The van der Waals surface area contributed by atoms with E-state index in [1.54, 1.807) is 19.5 Å². The molecule has 0 N–H and O–H groups in total. The van der Waals surface area contributed by atoms with E-state index in [1.807, 2.05) is 6.92 Å². The zero-order chi connectivity index (χ0) is 11.5. The SMILES string of the molecule is COc1nccnc1C(C)(C)CC(C)Cl. The number of halogens is 1. The summed E-state index contributed by atoms with van der Waals surface area (Å²) < 4.78 is 5.20. The first kappa shape index (κ1) is 12.2. The molecule has 1 rings (SSSR count). The summed E-state index contributed by atoms with van der Waals surface area (Å²) in [5.41, 5.74) is 0.737. The largest absolute Gasteiger partial charge is 0.480 e. The summed E-state index contributed by atoms with van der Waals surface area (Å²) in [5.74, 6) is 0.583. The lowest BCUT2D eigenvalue weighted by Crippen LogP contribution is -2.23. The van der Waals surface area contributed by atoms with Gasteiger partial charge in [-0.15, -0.1) is 11.6 Å². The Bertz CT molecular complexity index is 326. The van der Waals surface area contributed by atoms with E-state index in [4.69, 9.17) is 16.3 Å². The number of nitrogens with zero attached hydrogens (tertiary/aromatic N) is 2. The van der Waals surface area contributed by atoms with Gasteiger partial charge in [-0.2, -0.15) is 0 Å². The van der Waals surface area contributed by atoms with Gasteiger partial charge in [-0.05, 0) is 13.3 Å². The van der Waals surface area contributed by atoms with Crippen LogP contribution in [0.5, 0.6) is 5.88 Å².